The summed E-state index contributed by atoms with van der Waals surface area (Å²) in [5.41, 5.74) is 0.737. The van der Waals surface area contributed by atoms with Crippen molar-refractivity contribution in [2.75, 3.05) is 6.61 Å². The quantitative estimate of drug-likeness (QED) is 0.797. The van der Waals surface area contributed by atoms with Gasteiger partial charge in [0.05, 0.1) is 16.4 Å². The summed E-state index contributed by atoms with van der Waals surface area (Å²) in [6.45, 7) is -0.538. The van der Waals surface area contributed by atoms with Crippen LogP contribution in [0.4, 0.5) is 0 Å². The first kappa shape index (κ1) is 15.5. The third kappa shape index (κ3) is 3.18. The Labute approximate surface area is 135 Å². The lowest BCUT2D eigenvalue weighted by atomic mass is 10.1. The summed E-state index contributed by atoms with van der Waals surface area (Å²) in [7, 11) is -3.73. The van der Waals surface area contributed by atoms with E-state index in [4.69, 9.17) is 0 Å². The van der Waals surface area contributed by atoms with Crippen molar-refractivity contribution in [3.63, 3.8) is 0 Å². The highest BCUT2D eigenvalue weighted by Crippen LogP contribution is 2.25. The summed E-state index contributed by atoms with van der Waals surface area (Å²) in [5, 5.41) is 11.4. The molecule has 0 aliphatic rings. The summed E-state index contributed by atoms with van der Waals surface area (Å²) in [5.74, 6) is 0. The van der Waals surface area contributed by atoms with E-state index in [2.05, 4.69) is 0 Å². The fourth-order valence-corrected chi connectivity index (χ4v) is 3.72. The van der Waals surface area contributed by atoms with E-state index < -0.39 is 16.4 Å². The molecule has 0 atom stereocenters. The molecule has 0 saturated heterocycles. The van der Waals surface area contributed by atoms with Crippen LogP contribution in [0.15, 0.2) is 82.6 Å². The van der Waals surface area contributed by atoms with E-state index in [0.29, 0.717) is 0 Å². The monoisotopic (exact) mass is 324 g/mol. The molecular weight excluding hydrogens is 308 g/mol. The Bertz CT molecular complexity index is 958. The maximum Gasteiger partial charge on any atom is 0.205 e. The SMILES string of the molecule is O=S(=O)(/C(=C/c1ccccc1)CO)c1ccc2ccccc2c1. The molecule has 0 aliphatic heterocycles. The molecule has 0 spiro atoms. The van der Waals surface area contributed by atoms with Crippen LogP contribution in [0, 0.1) is 0 Å². The van der Waals surface area contributed by atoms with E-state index in [0.717, 1.165) is 16.3 Å². The molecule has 0 amide bonds. The lowest BCUT2D eigenvalue weighted by Gasteiger charge is -2.08. The zero-order valence-electron chi connectivity index (χ0n) is 12.4. The van der Waals surface area contributed by atoms with E-state index >= 15 is 0 Å². The van der Waals surface area contributed by atoms with Crippen molar-refractivity contribution in [3.05, 3.63) is 83.3 Å². The number of sulfone groups is 1. The van der Waals surface area contributed by atoms with Crippen LogP contribution in [-0.4, -0.2) is 20.1 Å². The van der Waals surface area contributed by atoms with E-state index in [1.807, 2.05) is 42.5 Å². The van der Waals surface area contributed by atoms with Crippen LogP contribution in [0.25, 0.3) is 16.8 Å². The van der Waals surface area contributed by atoms with Crippen molar-refractivity contribution in [3.8, 4) is 0 Å². The van der Waals surface area contributed by atoms with Gasteiger partial charge < -0.3 is 5.11 Å². The molecule has 0 fully saturated rings. The maximum atomic E-state index is 12.8. The molecule has 0 unspecified atom stereocenters. The van der Waals surface area contributed by atoms with Crippen molar-refractivity contribution in [1.82, 2.24) is 0 Å². The summed E-state index contributed by atoms with van der Waals surface area (Å²) >= 11 is 0. The van der Waals surface area contributed by atoms with Crippen molar-refractivity contribution in [1.29, 1.82) is 0 Å². The molecule has 0 heterocycles. The Morgan fingerprint density at radius 2 is 1.52 bits per heavy atom. The van der Waals surface area contributed by atoms with Gasteiger partial charge in [0.2, 0.25) is 9.84 Å². The van der Waals surface area contributed by atoms with Crippen LogP contribution < -0.4 is 0 Å². The molecule has 23 heavy (non-hydrogen) atoms. The molecule has 0 aromatic heterocycles. The normalized spacial score (nSPS) is 12.5. The van der Waals surface area contributed by atoms with Gasteiger partial charge in [0, 0.05) is 0 Å². The molecule has 0 saturated carbocycles. The number of hydrogen-bond donors (Lipinski definition) is 1. The molecule has 0 radical (unpaired) electrons. The number of rotatable bonds is 4. The van der Waals surface area contributed by atoms with Gasteiger partial charge in [0.1, 0.15) is 0 Å². The number of benzene rings is 3. The third-order valence-corrected chi connectivity index (χ3v) is 5.47. The molecule has 0 aliphatic carbocycles. The molecule has 3 nitrogen and oxygen atoms in total. The molecular formula is C19H16O3S. The average Bonchev–Trinajstić information content (AvgIpc) is 2.60. The lowest BCUT2D eigenvalue weighted by molar-refractivity contribution is 0.338. The van der Waals surface area contributed by atoms with Gasteiger partial charge in [-0.2, -0.15) is 0 Å². The summed E-state index contributed by atoms with van der Waals surface area (Å²) in [4.78, 5) is 0.173. The van der Waals surface area contributed by atoms with Gasteiger partial charge >= 0.3 is 0 Å². The molecule has 0 bridgehead atoms. The Kier molecular flexibility index (Phi) is 4.28. The molecule has 3 rings (SSSR count). The van der Waals surface area contributed by atoms with Gasteiger partial charge in [-0.1, -0.05) is 60.7 Å². The average molecular weight is 324 g/mol. The van der Waals surface area contributed by atoms with Crippen molar-refractivity contribution < 1.29 is 13.5 Å². The Morgan fingerprint density at radius 3 is 2.22 bits per heavy atom. The second-order valence-corrected chi connectivity index (χ2v) is 7.19. The zero-order valence-corrected chi connectivity index (χ0v) is 13.2. The maximum absolute atomic E-state index is 12.8. The van der Waals surface area contributed by atoms with Gasteiger partial charge in [-0.25, -0.2) is 8.42 Å². The number of aliphatic hydroxyl groups excluding tert-OH is 1. The molecule has 1 N–H and O–H groups in total. The largest absolute Gasteiger partial charge is 0.391 e. The highest BCUT2D eigenvalue weighted by Gasteiger charge is 2.20. The first-order valence-corrected chi connectivity index (χ1v) is 8.70. The van der Waals surface area contributed by atoms with E-state index in [1.165, 1.54) is 6.08 Å². The highest BCUT2D eigenvalue weighted by molar-refractivity contribution is 7.95. The summed E-state index contributed by atoms with van der Waals surface area (Å²) in [6.07, 6.45) is 1.50. The predicted octanol–water partition coefficient (Wildman–Crippen LogP) is 3.65. The first-order valence-electron chi connectivity index (χ1n) is 7.21. The standard InChI is InChI=1S/C19H16O3S/c20-14-19(12-15-6-2-1-3-7-15)23(21,22)18-11-10-16-8-4-5-9-17(16)13-18/h1-13,20H,14H2/b19-12+. The fourth-order valence-electron chi connectivity index (χ4n) is 2.43. The second-order valence-electron chi connectivity index (χ2n) is 5.19. The van der Waals surface area contributed by atoms with Gasteiger partial charge in [0.15, 0.2) is 0 Å². The lowest BCUT2D eigenvalue weighted by Crippen LogP contribution is -2.08. The van der Waals surface area contributed by atoms with Crippen LogP contribution in [0.1, 0.15) is 5.56 Å². The zero-order chi connectivity index (χ0) is 16.3. The fraction of sp³-hybridized carbons (Fsp3) is 0.0526. The minimum absolute atomic E-state index is 0.0148. The third-order valence-electron chi connectivity index (χ3n) is 3.66. The van der Waals surface area contributed by atoms with Crippen LogP contribution in [0.3, 0.4) is 0 Å². The number of aliphatic hydroxyl groups is 1. The molecule has 4 heteroatoms. The minimum Gasteiger partial charge on any atom is -0.391 e. The molecule has 3 aromatic rings. The second kappa shape index (κ2) is 6.36. The van der Waals surface area contributed by atoms with E-state index in [9.17, 15) is 13.5 Å². The van der Waals surface area contributed by atoms with Gasteiger partial charge in [0.25, 0.3) is 0 Å². The van der Waals surface area contributed by atoms with Gasteiger partial charge in [-0.3, -0.25) is 0 Å². The minimum atomic E-state index is -3.73. The van der Waals surface area contributed by atoms with Crippen LogP contribution >= 0.6 is 0 Å². The summed E-state index contributed by atoms with van der Waals surface area (Å²) < 4.78 is 25.6. The van der Waals surface area contributed by atoms with Crippen molar-refractivity contribution >= 4 is 26.7 Å². The van der Waals surface area contributed by atoms with Crippen molar-refractivity contribution in [2.24, 2.45) is 0 Å². The van der Waals surface area contributed by atoms with E-state index in [-0.39, 0.29) is 9.80 Å². The van der Waals surface area contributed by atoms with Crippen LogP contribution in [0.2, 0.25) is 0 Å². The highest BCUT2D eigenvalue weighted by atomic mass is 32.2. The van der Waals surface area contributed by atoms with Crippen LogP contribution in [-0.2, 0) is 9.84 Å². The van der Waals surface area contributed by atoms with Crippen LogP contribution in [0.5, 0.6) is 0 Å². The smallest absolute Gasteiger partial charge is 0.205 e. The van der Waals surface area contributed by atoms with Gasteiger partial charge in [-0.15, -0.1) is 0 Å². The molecule has 3 aromatic carbocycles. The van der Waals surface area contributed by atoms with Crippen molar-refractivity contribution in [2.45, 2.75) is 4.90 Å². The predicted molar refractivity (Wildman–Crippen MR) is 92.6 cm³/mol. The molecule has 116 valence electrons. The summed E-state index contributed by atoms with van der Waals surface area (Å²) in [6, 6.07) is 21.7. The van der Waals surface area contributed by atoms with Gasteiger partial charge in [-0.05, 0) is 34.5 Å². The topological polar surface area (TPSA) is 54.4 Å². The Morgan fingerprint density at radius 1 is 0.870 bits per heavy atom. The first-order chi connectivity index (χ1) is 11.1. The van der Waals surface area contributed by atoms with E-state index in [1.54, 1.807) is 30.3 Å². The Hall–Kier alpha value is -2.43. The number of hydrogen-bond acceptors (Lipinski definition) is 3. The Balaban J connectivity index is 2.09. The number of fused-ring (bicyclic) bond motifs is 1.